The van der Waals surface area contributed by atoms with E-state index >= 15 is 0 Å². The van der Waals surface area contributed by atoms with Crippen LogP contribution in [-0.2, 0) is 0 Å². The van der Waals surface area contributed by atoms with Gasteiger partial charge >= 0.3 is 6.61 Å². The summed E-state index contributed by atoms with van der Waals surface area (Å²) in [5.41, 5.74) is 3.34. The van der Waals surface area contributed by atoms with E-state index < -0.39 is 38.1 Å². The van der Waals surface area contributed by atoms with Gasteiger partial charge in [-0.25, -0.2) is 4.98 Å². The number of carbonyl (C=O) groups excluding carboxylic acids is 1. The number of alkyl halides is 2. The molecule has 8 nitrogen and oxygen atoms in total. The summed E-state index contributed by atoms with van der Waals surface area (Å²) in [6.45, 7) is 2.70. The second kappa shape index (κ2) is 11.7. The fourth-order valence-corrected chi connectivity index (χ4v) is 7.34. The van der Waals surface area contributed by atoms with Gasteiger partial charge in [-0.1, -0.05) is 65.1 Å². The maximum Gasteiger partial charge on any atom is 0.387 e. The van der Waals surface area contributed by atoms with Crippen LogP contribution in [0.25, 0.3) is 27.8 Å². The monoisotopic (exact) mass is 593 g/mol. The van der Waals surface area contributed by atoms with Gasteiger partial charge in [0, 0.05) is 0 Å². The predicted molar refractivity (Wildman–Crippen MR) is 158 cm³/mol. The fourth-order valence-electron chi connectivity index (χ4n) is 5.61. The highest BCUT2D eigenvalue weighted by molar-refractivity contribution is 7.57. The molecule has 2 radical (unpaired) electrons. The standard InChI is InChI=1S/C30H31BF2N3O5P/c1-4-22-26-34-21-15-14-19(17-10-12-18(13-11-17)28(38)42(5-2)6-3)16-23(21)35(26)25-20(27(37)36(22)30(31,39)40)8-7-9-24(25)41-29(32)33/h7-16,22,28-29,38-40H,4-6H2,1-3H3. The lowest BCUT2D eigenvalue weighted by molar-refractivity contribution is -0.191. The first kappa shape index (κ1) is 30.1. The van der Waals surface area contributed by atoms with Gasteiger partial charge in [-0.3, -0.25) is 14.3 Å². The second-order valence-electron chi connectivity index (χ2n) is 10.0. The van der Waals surface area contributed by atoms with E-state index in [2.05, 4.69) is 13.8 Å². The molecule has 218 valence electrons. The fraction of sp³-hybridized carbons (Fsp3) is 0.333. The SMILES string of the molecule is [B]C(O)(O)N1C(=O)c2cccc(OC(F)F)c2-n2c(nc3ccc(-c4ccc(C(O)P(CC)CC)cc4)cc32)C1CC. The van der Waals surface area contributed by atoms with E-state index in [1.54, 1.807) is 17.6 Å². The molecule has 0 fully saturated rings. The van der Waals surface area contributed by atoms with Crippen molar-refractivity contribution in [3.8, 4) is 22.6 Å². The number of aliphatic hydroxyl groups is 3. The molecule has 0 bridgehead atoms. The van der Waals surface area contributed by atoms with Crippen LogP contribution >= 0.6 is 7.92 Å². The Morgan fingerprint density at radius 3 is 2.31 bits per heavy atom. The molecule has 3 aromatic carbocycles. The molecular formula is C30H31BF2N3O5P. The van der Waals surface area contributed by atoms with Crippen molar-refractivity contribution in [2.75, 3.05) is 12.3 Å². The number of nitrogens with zero attached hydrogens (tertiary/aromatic N) is 3. The third kappa shape index (κ3) is 5.31. The maximum absolute atomic E-state index is 13.7. The molecule has 0 saturated heterocycles. The number of fused-ring (bicyclic) bond motifs is 5. The number of para-hydroxylation sites is 1. The first-order valence-corrected chi connectivity index (χ1v) is 15.5. The van der Waals surface area contributed by atoms with Crippen molar-refractivity contribution < 1.29 is 33.6 Å². The number of imidazole rings is 1. The zero-order valence-electron chi connectivity index (χ0n) is 23.4. The van der Waals surface area contributed by atoms with Crippen molar-refractivity contribution in [1.82, 2.24) is 14.5 Å². The third-order valence-electron chi connectivity index (χ3n) is 7.62. The Kier molecular flexibility index (Phi) is 8.40. The van der Waals surface area contributed by atoms with Gasteiger partial charge < -0.3 is 20.1 Å². The summed E-state index contributed by atoms with van der Waals surface area (Å²) < 4.78 is 33.4. The number of amides is 1. The van der Waals surface area contributed by atoms with Crippen molar-refractivity contribution in [3.05, 3.63) is 77.6 Å². The Morgan fingerprint density at radius 1 is 1.05 bits per heavy atom. The molecule has 0 spiro atoms. The smallest absolute Gasteiger partial charge is 0.387 e. The average molecular weight is 593 g/mol. The summed E-state index contributed by atoms with van der Waals surface area (Å²) in [5.74, 6) is -4.53. The van der Waals surface area contributed by atoms with Crippen molar-refractivity contribution in [2.45, 2.75) is 51.5 Å². The van der Waals surface area contributed by atoms with Gasteiger partial charge in [-0.2, -0.15) is 8.78 Å². The summed E-state index contributed by atoms with van der Waals surface area (Å²) in [5, 5.41) is 31.7. The van der Waals surface area contributed by atoms with Crippen LogP contribution in [0.3, 0.4) is 0 Å². The molecule has 4 aromatic rings. The number of halogens is 2. The number of aliphatic hydroxyl groups excluding tert-OH is 1. The Bertz CT molecular complexity index is 1610. The lowest BCUT2D eigenvalue weighted by Gasteiger charge is -2.37. The van der Waals surface area contributed by atoms with Crippen LogP contribution in [-0.4, -0.2) is 68.3 Å². The van der Waals surface area contributed by atoms with Crippen LogP contribution in [0, 0.1) is 0 Å². The minimum atomic E-state index is -3.18. The Hall–Kier alpha value is -3.37. The molecular weight excluding hydrogens is 562 g/mol. The zero-order valence-corrected chi connectivity index (χ0v) is 24.3. The average Bonchev–Trinajstić information content (AvgIpc) is 3.28. The lowest BCUT2D eigenvalue weighted by atomic mass is 9.97. The first-order chi connectivity index (χ1) is 20.0. The van der Waals surface area contributed by atoms with Gasteiger partial charge in [0.15, 0.2) is 19.4 Å². The Labute approximate surface area is 244 Å². The van der Waals surface area contributed by atoms with E-state index in [1.807, 2.05) is 36.4 Å². The summed E-state index contributed by atoms with van der Waals surface area (Å²) >= 11 is 0. The van der Waals surface area contributed by atoms with E-state index in [0.717, 1.165) is 29.0 Å². The number of carbonyl (C=O) groups is 1. The van der Waals surface area contributed by atoms with Crippen LogP contribution in [0.15, 0.2) is 60.7 Å². The highest BCUT2D eigenvalue weighted by atomic mass is 31.1. The molecule has 1 aliphatic rings. The molecule has 0 saturated carbocycles. The van der Waals surface area contributed by atoms with Crippen LogP contribution in [0.5, 0.6) is 5.75 Å². The number of ether oxygens (including phenoxy) is 1. The first-order valence-electron chi connectivity index (χ1n) is 13.7. The van der Waals surface area contributed by atoms with Gasteiger partial charge in [-0.05, 0) is 59.7 Å². The molecule has 2 unspecified atom stereocenters. The molecule has 1 amide bonds. The van der Waals surface area contributed by atoms with Crippen LogP contribution in [0.4, 0.5) is 8.78 Å². The second-order valence-corrected chi connectivity index (χ2v) is 13.0. The number of aromatic nitrogens is 2. The summed E-state index contributed by atoms with van der Waals surface area (Å²) in [7, 11) is 5.11. The quantitative estimate of drug-likeness (QED) is 0.135. The Morgan fingerprint density at radius 2 is 1.71 bits per heavy atom. The maximum atomic E-state index is 13.7. The largest absolute Gasteiger partial charge is 0.433 e. The van der Waals surface area contributed by atoms with Crippen molar-refractivity contribution in [1.29, 1.82) is 0 Å². The van der Waals surface area contributed by atoms with Crippen molar-refractivity contribution >= 4 is 32.7 Å². The lowest BCUT2D eigenvalue weighted by Crippen LogP contribution is -2.53. The number of benzene rings is 3. The molecule has 3 N–H and O–H groups in total. The number of rotatable bonds is 9. The van der Waals surface area contributed by atoms with Gasteiger partial charge in [-0.15, -0.1) is 0 Å². The topological polar surface area (TPSA) is 108 Å². The zero-order chi connectivity index (χ0) is 30.3. The predicted octanol–water partition coefficient (Wildman–Crippen LogP) is 5.48. The van der Waals surface area contributed by atoms with E-state index in [0.29, 0.717) is 15.9 Å². The van der Waals surface area contributed by atoms with E-state index in [-0.39, 0.29) is 29.2 Å². The number of hydrogen-bond acceptors (Lipinski definition) is 6. The van der Waals surface area contributed by atoms with Crippen LogP contribution < -0.4 is 4.74 Å². The van der Waals surface area contributed by atoms with Gasteiger partial charge in [0.25, 0.3) is 5.91 Å². The Balaban J connectivity index is 1.72. The summed E-state index contributed by atoms with van der Waals surface area (Å²) in [6.07, 6.45) is 2.03. The van der Waals surface area contributed by atoms with Gasteiger partial charge in [0.05, 0.1) is 28.5 Å². The molecule has 0 aliphatic carbocycles. The molecule has 2 heterocycles. The normalized spacial score (nSPS) is 16.1. The molecule has 12 heteroatoms. The molecule has 1 aliphatic heterocycles. The highest BCUT2D eigenvalue weighted by Crippen LogP contribution is 2.49. The van der Waals surface area contributed by atoms with Crippen LogP contribution in [0.1, 0.15) is 60.8 Å². The van der Waals surface area contributed by atoms with E-state index in [9.17, 15) is 28.9 Å². The van der Waals surface area contributed by atoms with Crippen LogP contribution in [0.2, 0.25) is 0 Å². The molecule has 5 rings (SSSR count). The number of hydrogen-bond donors (Lipinski definition) is 3. The molecule has 2 atom stereocenters. The minimum Gasteiger partial charge on any atom is -0.433 e. The van der Waals surface area contributed by atoms with Gasteiger partial charge in [0.1, 0.15) is 11.5 Å². The minimum absolute atomic E-state index is 0.00592. The van der Waals surface area contributed by atoms with Crippen molar-refractivity contribution in [2.24, 2.45) is 0 Å². The van der Waals surface area contributed by atoms with Crippen molar-refractivity contribution in [3.63, 3.8) is 0 Å². The van der Waals surface area contributed by atoms with Gasteiger partial charge in [0.2, 0.25) is 0 Å². The van der Waals surface area contributed by atoms with E-state index in [1.165, 1.54) is 18.2 Å². The highest BCUT2D eigenvalue weighted by Gasteiger charge is 2.43. The third-order valence-corrected chi connectivity index (χ3v) is 10.2. The molecule has 1 aromatic heterocycles. The molecule has 42 heavy (non-hydrogen) atoms. The summed E-state index contributed by atoms with van der Waals surface area (Å²) in [6, 6.07) is 16.1. The van der Waals surface area contributed by atoms with E-state index in [4.69, 9.17) is 17.6 Å². The summed E-state index contributed by atoms with van der Waals surface area (Å²) in [4.78, 5) is 19.1.